The summed E-state index contributed by atoms with van der Waals surface area (Å²) in [5.41, 5.74) is 7.07. The van der Waals surface area contributed by atoms with Crippen LogP contribution in [-0.2, 0) is 0 Å². The Morgan fingerprint density at radius 1 is 0.800 bits per heavy atom. The van der Waals surface area contributed by atoms with Crippen molar-refractivity contribution in [3.8, 4) is 28.7 Å². The van der Waals surface area contributed by atoms with Crippen molar-refractivity contribution >= 4 is 8.07 Å². The third-order valence-corrected chi connectivity index (χ3v) is 3.71. The van der Waals surface area contributed by atoms with E-state index in [1.165, 1.54) is 0 Å². The molecule has 2 aromatic carbocycles. The molecule has 0 fully saturated rings. The standard InChI is InChI=1S/C18H17NSi/c1-20(2,3)13-12-15-8-4-6-10-17(15)18-11-7-5-9-16(18)14-19/h4-11H,1-3H3. The van der Waals surface area contributed by atoms with Crippen LogP contribution in [0, 0.1) is 22.8 Å². The van der Waals surface area contributed by atoms with Crippen LogP contribution in [0.4, 0.5) is 0 Å². The Labute approximate surface area is 121 Å². The quantitative estimate of drug-likeness (QED) is 0.557. The van der Waals surface area contributed by atoms with Crippen LogP contribution in [0.2, 0.25) is 19.6 Å². The maximum Gasteiger partial charge on any atom is 0.129 e. The molecule has 2 heteroatoms. The molecule has 0 spiro atoms. The highest BCUT2D eigenvalue weighted by Crippen LogP contribution is 2.26. The maximum absolute atomic E-state index is 9.25. The SMILES string of the molecule is C[Si](C)(C)C#Cc1ccccc1-c1ccccc1C#N. The second kappa shape index (κ2) is 5.78. The van der Waals surface area contributed by atoms with Gasteiger partial charge in [0.1, 0.15) is 8.07 Å². The van der Waals surface area contributed by atoms with E-state index in [2.05, 4.69) is 37.2 Å². The zero-order valence-electron chi connectivity index (χ0n) is 12.1. The minimum atomic E-state index is -1.41. The summed E-state index contributed by atoms with van der Waals surface area (Å²) >= 11 is 0. The smallest absolute Gasteiger partial charge is 0.129 e. The van der Waals surface area contributed by atoms with Gasteiger partial charge in [-0.2, -0.15) is 5.26 Å². The summed E-state index contributed by atoms with van der Waals surface area (Å²) in [6, 6.07) is 18.0. The van der Waals surface area contributed by atoms with Gasteiger partial charge in [-0.25, -0.2) is 0 Å². The van der Waals surface area contributed by atoms with Crippen molar-refractivity contribution < 1.29 is 0 Å². The zero-order chi connectivity index (χ0) is 14.6. The van der Waals surface area contributed by atoms with Crippen molar-refractivity contribution in [1.82, 2.24) is 0 Å². The highest BCUT2D eigenvalue weighted by Gasteiger charge is 2.10. The highest BCUT2D eigenvalue weighted by molar-refractivity contribution is 6.83. The Balaban J connectivity index is 2.59. The van der Waals surface area contributed by atoms with Crippen molar-refractivity contribution in [1.29, 1.82) is 5.26 Å². The molecule has 98 valence electrons. The predicted octanol–water partition coefficient (Wildman–Crippen LogP) is 4.45. The largest absolute Gasteiger partial charge is 0.192 e. The summed E-state index contributed by atoms with van der Waals surface area (Å²) in [5.74, 6) is 3.31. The molecule has 20 heavy (non-hydrogen) atoms. The van der Waals surface area contributed by atoms with Gasteiger partial charge < -0.3 is 0 Å². The van der Waals surface area contributed by atoms with Gasteiger partial charge in [0.2, 0.25) is 0 Å². The molecule has 0 heterocycles. The van der Waals surface area contributed by atoms with E-state index in [-0.39, 0.29) is 0 Å². The topological polar surface area (TPSA) is 23.8 Å². The van der Waals surface area contributed by atoms with Gasteiger partial charge in [0.05, 0.1) is 11.6 Å². The molecular weight excluding hydrogens is 258 g/mol. The van der Waals surface area contributed by atoms with Gasteiger partial charge >= 0.3 is 0 Å². The van der Waals surface area contributed by atoms with Crippen LogP contribution in [0.25, 0.3) is 11.1 Å². The molecular formula is C18H17NSi. The fourth-order valence-electron chi connectivity index (χ4n) is 1.90. The van der Waals surface area contributed by atoms with Crippen molar-refractivity contribution in [2.75, 3.05) is 0 Å². The van der Waals surface area contributed by atoms with Crippen molar-refractivity contribution in [2.24, 2.45) is 0 Å². The van der Waals surface area contributed by atoms with Crippen LogP contribution in [-0.4, -0.2) is 8.07 Å². The fourth-order valence-corrected chi connectivity index (χ4v) is 2.41. The molecule has 1 nitrogen and oxygen atoms in total. The van der Waals surface area contributed by atoms with Crippen molar-refractivity contribution in [3.05, 3.63) is 59.7 Å². The molecule has 0 atom stereocenters. The first-order chi connectivity index (χ1) is 9.51. The molecule has 2 rings (SSSR count). The fraction of sp³-hybridized carbons (Fsp3) is 0.167. The molecule has 0 aliphatic heterocycles. The van der Waals surface area contributed by atoms with Gasteiger partial charge in [-0.05, 0) is 17.7 Å². The van der Waals surface area contributed by atoms with Crippen molar-refractivity contribution in [2.45, 2.75) is 19.6 Å². The molecule has 0 bridgehead atoms. The lowest BCUT2D eigenvalue weighted by atomic mass is 9.96. The van der Waals surface area contributed by atoms with E-state index in [9.17, 15) is 5.26 Å². The van der Waals surface area contributed by atoms with Crippen LogP contribution in [0.15, 0.2) is 48.5 Å². The van der Waals surface area contributed by atoms with E-state index < -0.39 is 8.07 Å². The Morgan fingerprint density at radius 2 is 1.30 bits per heavy atom. The van der Waals surface area contributed by atoms with Crippen LogP contribution in [0.1, 0.15) is 11.1 Å². The zero-order valence-corrected chi connectivity index (χ0v) is 13.1. The minimum absolute atomic E-state index is 0.690. The number of benzene rings is 2. The number of hydrogen-bond acceptors (Lipinski definition) is 1. The Kier molecular flexibility index (Phi) is 4.08. The lowest BCUT2D eigenvalue weighted by molar-refractivity contribution is 1.47. The molecule has 0 radical (unpaired) electrons. The first-order valence-corrected chi connectivity index (χ1v) is 10.1. The molecule has 2 aromatic rings. The third kappa shape index (κ3) is 3.38. The summed E-state index contributed by atoms with van der Waals surface area (Å²) < 4.78 is 0. The monoisotopic (exact) mass is 275 g/mol. The molecule has 0 saturated heterocycles. The second-order valence-corrected chi connectivity index (χ2v) is 10.5. The summed E-state index contributed by atoms with van der Waals surface area (Å²) in [5, 5.41) is 9.25. The first-order valence-electron chi connectivity index (χ1n) is 6.63. The molecule has 0 saturated carbocycles. The van der Waals surface area contributed by atoms with Gasteiger partial charge in [0.25, 0.3) is 0 Å². The van der Waals surface area contributed by atoms with Crippen molar-refractivity contribution in [3.63, 3.8) is 0 Å². The number of rotatable bonds is 1. The average molecular weight is 275 g/mol. The molecule has 0 N–H and O–H groups in total. The van der Waals surface area contributed by atoms with Gasteiger partial charge in [-0.3, -0.25) is 0 Å². The lowest BCUT2D eigenvalue weighted by Gasteiger charge is -2.08. The molecule has 0 aliphatic rings. The van der Waals surface area contributed by atoms with Gasteiger partial charge in [0.15, 0.2) is 0 Å². The number of nitrogens with zero attached hydrogens (tertiary/aromatic N) is 1. The highest BCUT2D eigenvalue weighted by atomic mass is 28.3. The van der Waals surface area contributed by atoms with Crippen LogP contribution in [0.5, 0.6) is 0 Å². The number of hydrogen-bond donors (Lipinski definition) is 0. The first kappa shape index (κ1) is 14.1. The summed E-state index contributed by atoms with van der Waals surface area (Å²) in [4.78, 5) is 0. The van der Waals surface area contributed by atoms with Gasteiger partial charge in [-0.1, -0.05) is 62.0 Å². The Bertz CT molecular complexity index is 721. The Hall–Kier alpha value is -2.29. The van der Waals surface area contributed by atoms with Crippen LogP contribution < -0.4 is 0 Å². The molecule has 0 aliphatic carbocycles. The third-order valence-electron chi connectivity index (χ3n) is 2.84. The van der Waals surface area contributed by atoms with Crippen LogP contribution >= 0.6 is 0 Å². The number of nitriles is 1. The minimum Gasteiger partial charge on any atom is -0.192 e. The van der Waals surface area contributed by atoms with E-state index in [0.29, 0.717) is 5.56 Å². The molecule has 0 unspecified atom stereocenters. The van der Waals surface area contributed by atoms with Gasteiger partial charge in [-0.15, -0.1) is 5.54 Å². The van der Waals surface area contributed by atoms with E-state index >= 15 is 0 Å². The lowest BCUT2D eigenvalue weighted by Crippen LogP contribution is -2.16. The predicted molar refractivity (Wildman–Crippen MR) is 86.8 cm³/mol. The normalized spacial score (nSPS) is 10.3. The molecule has 0 amide bonds. The second-order valence-electron chi connectivity index (χ2n) is 5.70. The van der Waals surface area contributed by atoms with E-state index in [1.807, 2.05) is 48.5 Å². The summed E-state index contributed by atoms with van der Waals surface area (Å²) in [6.07, 6.45) is 0. The van der Waals surface area contributed by atoms with E-state index in [0.717, 1.165) is 16.7 Å². The molecule has 0 aromatic heterocycles. The maximum atomic E-state index is 9.25. The average Bonchev–Trinajstić information content (AvgIpc) is 2.44. The summed E-state index contributed by atoms with van der Waals surface area (Å²) in [7, 11) is -1.41. The van der Waals surface area contributed by atoms with E-state index in [4.69, 9.17) is 0 Å². The van der Waals surface area contributed by atoms with Gasteiger partial charge in [0, 0.05) is 11.1 Å². The van der Waals surface area contributed by atoms with E-state index in [1.54, 1.807) is 0 Å². The summed E-state index contributed by atoms with van der Waals surface area (Å²) in [6.45, 7) is 6.68. The Morgan fingerprint density at radius 3 is 1.85 bits per heavy atom. The van der Waals surface area contributed by atoms with Crippen LogP contribution in [0.3, 0.4) is 0 Å².